The molecule has 0 bridgehead atoms. The van der Waals surface area contributed by atoms with Gasteiger partial charge < -0.3 is 24.6 Å². The Kier molecular flexibility index (Phi) is 8.02. The van der Waals surface area contributed by atoms with Gasteiger partial charge in [0.15, 0.2) is 5.96 Å². The van der Waals surface area contributed by atoms with Crippen LogP contribution in [0.25, 0.3) is 0 Å². The van der Waals surface area contributed by atoms with Crippen LogP contribution in [0.2, 0.25) is 0 Å². The molecular formula is C20H38N4O2. The fraction of sp³-hybridized carbons (Fsp3) is 0.950. The van der Waals surface area contributed by atoms with Crippen LogP contribution in [0.1, 0.15) is 45.4 Å². The minimum atomic E-state index is 0.324. The molecule has 3 saturated heterocycles. The summed E-state index contributed by atoms with van der Waals surface area (Å²) in [4.78, 5) is 9.44. The Labute approximate surface area is 159 Å². The second-order valence-electron chi connectivity index (χ2n) is 7.98. The van der Waals surface area contributed by atoms with Crippen LogP contribution in [0.3, 0.4) is 0 Å². The van der Waals surface area contributed by atoms with E-state index >= 15 is 0 Å². The van der Waals surface area contributed by atoms with E-state index in [9.17, 15) is 0 Å². The lowest BCUT2D eigenvalue weighted by Gasteiger charge is -2.35. The summed E-state index contributed by atoms with van der Waals surface area (Å²) >= 11 is 0. The van der Waals surface area contributed by atoms with Crippen LogP contribution in [-0.4, -0.2) is 87.5 Å². The zero-order valence-corrected chi connectivity index (χ0v) is 16.8. The molecular weight excluding hydrogens is 328 g/mol. The highest BCUT2D eigenvalue weighted by Gasteiger charge is 2.25. The van der Waals surface area contributed by atoms with E-state index in [1.807, 2.05) is 7.05 Å². The van der Waals surface area contributed by atoms with Gasteiger partial charge in [0.2, 0.25) is 0 Å². The molecule has 0 radical (unpaired) electrons. The van der Waals surface area contributed by atoms with Gasteiger partial charge >= 0.3 is 0 Å². The molecule has 3 fully saturated rings. The zero-order chi connectivity index (χ0) is 18.2. The first-order valence-electron chi connectivity index (χ1n) is 10.7. The third kappa shape index (κ3) is 5.83. The average Bonchev–Trinajstić information content (AvgIpc) is 3.17. The number of hydrogen-bond donors (Lipinski definition) is 1. The summed E-state index contributed by atoms with van der Waals surface area (Å²) in [5, 5.41) is 3.61. The van der Waals surface area contributed by atoms with Crippen LogP contribution in [0.4, 0.5) is 0 Å². The lowest BCUT2D eigenvalue weighted by atomic mass is 10.1. The maximum Gasteiger partial charge on any atom is 0.193 e. The quantitative estimate of drug-likeness (QED) is 0.575. The van der Waals surface area contributed by atoms with E-state index in [-0.39, 0.29) is 0 Å². The molecule has 1 N–H and O–H groups in total. The molecule has 26 heavy (non-hydrogen) atoms. The molecule has 0 saturated carbocycles. The molecule has 0 amide bonds. The van der Waals surface area contributed by atoms with E-state index in [2.05, 4.69) is 27.0 Å². The minimum Gasteiger partial charge on any atom is -0.376 e. The Morgan fingerprint density at radius 2 is 2.00 bits per heavy atom. The maximum absolute atomic E-state index is 6.13. The van der Waals surface area contributed by atoms with Gasteiger partial charge in [-0.2, -0.15) is 0 Å². The molecule has 6 nitrogen and oxygen atoms in total. The van der Waals surface area contributed by atoms with Gasteiger partial charge in [0, 0.05) is 39.8 Å². The SMILES string of the molecule is CCN1CCC(CNC(=NC)N2CCC(OCC3CCCCO3)CC2)C1. The number of piperidine rings is 1. The van der Waals surface area contributed by atoms with E-state index in [1.165, 1.54) is 38.9 Å². The van der Waals surface area contributed by atoms with Crippen LogP contribution in [0.5, 0.6) is 0 Å². The van der Waals surface area contributed by atoms with Crippen molar-refractivity contribution < 1.29 is 9.47 Å². The van der Waals surface area contributed by atoms with Crippen LogP contribution in [-0.2, 0) is 9.47 Å². The van der Waals surface area contributed by atoms with Gasteiger partial charge in [-0.05, 0) is 57.5 Å². The number of hydrogen-bond acceptors (Lipinski definition) is 4. The second-order valence-corrected chi connectivity index (χ2v) is 7.98. The summed E-state index contributed by atoms with van der Waals surface area (Å²) in [5.41, 5.74) is 0. The smallest absolute Gasteiger partial charge is 0.193 e. The molecule has 2 atom stereocenters. The summed E-state index contributed by atoms with van der Waals surface area (Å²) in [5.74, 6) is 1.82. The van der Waals surface area contributed by atoms with Crippen LogP contribution in [0.15, 0.2) is 4.99 Å². The van der Waals surface area contributed by atoms with Gasteiger partial charge in [-0.3, -0.25) is 4.99 Å². The fourth-order valence-electron chi connectivity index (χ4n) is 4.35. The van der Waals surface area contributed by atoms with Crippen molar-refractivity contribution in [1.82, 2.24) is 15.1 Å². The maximum atomic E-state index is 6.13. The van der Waals surface area contributed by atoms with Crippen LogP contribution >= 0.6 is 0 Å². The number of rotatable bonds is 6. The van der Waals surface area contributed by atoms with Crippen molar-refractivity contribution in [3.63, 3.8) is 0 Å². The first-order chi connectivity index (χ1) is 12.8. The van der Waals surface area contributed by atoms with E-state index < -0.39 is 0 Å². The lowest BCUT2D eigenvalue weighted by Crippen LogP contribution is -2.48. The summed E-state index contributed by atoms with van der Waals surface area (Å²) in [6.45, 7) is 10.7. The molecule has 3 aliphatic rings. The zero-order valence-electron chi connectivity index (χ0n) is 16.8. The molecule has 0 aromatic heterocycles. The molecule has 3 heterocycles. The first-order valence-corrected chi connectivity index (χ1v) is 10.7. The standard InChI is InChI=1S/C20H38N4O2/c1-3-23-10-7-17(15-23)14-22-20(21-2)24-11-8-18(9-12-24)26-16-19-6-4-5-13-25-19/h17-19H,3-16H2,1-2H3,(H,21,22). The number of nitrogens with one attached hydrogen (secondary N) is 1. The van der Waals surface area contributed by atoms with E-state index in [4.69, 9.17) is 9.47 Å². The largest absolute Gasteiger partial charge is 0.376 e. The van der Waals surface area contributed by atoms with Crippen molar-refractivity contribution >= 4 is 5.96 Å². The number of likely N-dealkylation sites (tertiary alicyclic amines) is 2. The van der Waals surface area contributed by atoms with Gasteiger partial charge in [-0.15, -0.1) is 0 Å². The normalized spacial score (nSPS) is 29.3. The fourth-order valence-corrected chi connectivity index (χ4v) is 4.35. The van der Waals surface area contributed by atoms with E-state index in [0.717, 1.165) is 64.0 Å². The van der Waals surface area contributed by atoms with Gasteiger partial charge in [0.25, 0.3) is 0 Å². The molecule has 0 spiro atoms. The Bertz CT molecular complexity index is 432. The minimum absolute atomic E-state index is 0.324. The third-order valence-corrected chi connectivity index (χ3v) is 6.11. The predicted octanol–water partition coefficient (Wildman–Crippen LogP) is 1.95. The average molecular weight is 367 g/mol. The number of nitrogens with zero attached hydrogens (tertiary/aromatic N) is 3. The van der Waals surface area contributed by atoms with Crippen molar-refractivity contribution in [1.29, 1.82) is 0 Å². The monoisotopic (exact) mass is 366 g/mol. The van der Waals surface area contributed by atoms with Crippen molar-refractivity contribution in [2.45, 2.75) is 57.7 Å². The number of guanidine groups is 1. The van der Waals surface area contributed by atoms with Crippen molar-refractivity contribution in [3.8, 4) is 0 Å². The highest BCUT2D eigenvalue weighted by molar-refractivity contribution is 5.79. The third-order valence-electron chi connectivity index (χ3n) is 6.11. The summed E-state index contributed by atoms with van der Waals surface area (Å²) in [6, 6.07) is 0. The number of aliphatic imine (C=N–C) groups is 1. The molecule has 2 unspecified atom stereocenters. The molecule has 3 rings (SSSR count). The molecule has 0 aromatic carbocycles. The van der Waals surface area contributed by atoms with Crippen LogP contribution in [0, 0.1) is 5.92 Å². The van der Waals surface area contributed by atoms with E-state index in [1.54, 1.807) is 0 Å². The Balaban J connectivity index is 1.33. The highest BCUT2D eigenvalue weighted by Crippen LogP contribution is 2.18. The van der Waals surface area contributed by atoms with Gasteiger partial charge in [0.05, 0.1) is 18.8 Å². The van der Waals surface area contributed by atoms with Crippen molar-refractivity contribution in [2.75, 3.05) is 59.5 Å². The van der Waals surface area contributed by atoms with Crippen molar-refractivity contribution in [2.24, 2.45) is 10.9 Å². The van der Waals surface area contributed by atoms with Crippen molar-refractivity contribution in [3.05, 3.63) is 0 Å². The molecule has 150 valence electrons. The van der Waals surface area contributed by atoms with Crippen LogP contribution < -0.4 is 5.32 Å². The van der Waals surface area contributed by atoms with Gasteiger partial charge in [-0.1, -0.05) is 6.92 Å². The Morgan fingerprint density at radius 1 is 1.15 bits per heavy atom. The second kappa shape index (κ2) is 10.5. The molecule has 6 heteroatoms. The molecule has 0 aromatic rings. The highest BCUT2D eigenvalue weighted by atomic mass is 16.5. The summed E-state index contributed by atoms with van der Waals surface area (Å²) in [7, 11) is 1.90. The van der Waals surface area contributed by atoms with Gasteiger partial charge in [0.1, 0.15) is 0 Å². The Morgan fingerprint density at radius 3 is 2.65 bits per heavy atom. The lowest BCUT2D eigenvalue weighted by molar-refractivity contribution is -0.0721. The summed E-state index contributed by atoms with van der Waals surface area (Å²) < 4.78 is 11.9. The predicted molar refractivity (Wildman–Crippen MR) is 106 cm³/mol. The molecule has 3 aliphatic heterocycles. The summed E-state index contributed by atoms with van der Waals surface area (Å²) in [6.07, 6.45) is 7.82. The Hall–Kier alpha value is -0.850. The first kappa shape index (κ1) is 19.9. The number of ether oxygens (including phenoxy) is 2. The topological polar surface area (TPSA) is 49.3 Å². The van der Waals surface area contributed by atoms with E-state index in [0.29, 0.717) is 12.2 Å². The molecule has 0 aliphatic carbocycles. The van der Waals surface area contributed by atoms with Gasteiger partial charge in [-0.25, -0.2) is 0 Å².